The van der Waals surface area contributed by atoms with Crippen LogP contribution in [-0.2, 0) is 22.4 Å². The van der Waals surface area contributed by atoms with E-state index in [9.17, 15) is 0 Å². The van der Waals surface area contributed by atoms with Crippen molar-refractivity contribution in [2.75, 3.05) is 0 Å². The fourth-order valence-corrected chi connectivity index (χ4v) is 0. The molecule has 0 aliphatic carbocycles. The fraction of sp³-hybridized carbons (Fsp3) is 0. The zero-order chi connectivity index (χ0) is 7.15. The van der Waals surface area contributed by atoms with Gasteiger partial charge in [-0.2, -0.15) is 0 Å². The molecule has 0 aliphatic heterocycles. The molecule has 0 fully saturated rings. The van der Waals surface area contributed by atoms with Gasteiger partial charge < -0.3 is 30.0 Å². The average molecular weight is 450 g/mol. The molecule has 0 rings (SSSR count). The van der Waals surface area contributed by atoms with E-state index in [2.05, 4.69) is 0 Å². The van der Waals surface area contributed by atoms with Crippen LogP contribution in [0.1, 0.15) is 0 Å². The molecule has 0 spiro atoms. The van der Waals surface area contributed by atoms with E-state index in [1.165, 1.54) is 0 Å². The van der Waals surface area contributed by atoms with Gasteiger partial charge in [0.05, 0.1) is 0 Å². The van der Waals surface area contributed by atoms with Crippen LogP contribution in [0.25, 0.3) is 0 Å². The maximum atomic E-state index is 8.33. The molecule has 0 aliphatic rings. The summed E-state index contributed by atoms with van der Waals surface area (Å²) in [6, 6.07) is 0. The third kappa shape index (κ3) is 365. The molecule has 0 saturated carbocycles. The number of rotatable bonds is 0. The van der Waals surface area contributed by atoms with Gasteiger partial charge in [0.25, 0.3) is 0 Å². The number of hydrogen-bond donors (Lipinski definition) is 0. The van der Waals surface area contributed by atoms with Crippen molar-refractivity contribution in [2.24, 2.45) is 0 Å². The van der Waals surface area contributed by atoms with Crippen molar-refractivity contribution < 1.29 is 121 Å². The standard InChI is InChI=1S/2CH2O3.Au.Cs/c2*2-1(3)4;;/h2*(H2,2,3,4);;/q;;+3;+1/p-4. The van der Waals surface area contributed by atoms with Gasteiger partial charge in [0, 0.05) is 0 Å². The van der Waals surface area contributed by atoms with Crippen LogP contribution in [0.4, 0.5) is 9.59 Å². The van der Waals surface area contributed by atoms with E-state index in [4.69, 9.17) is 30.0 Å². The molecular formula is C2AuCsO6. The minimum atomic E-state index is -2.33. The number of carbonyl (C=O) groups excluding carboxylic acids is 2. The van der Waals surface area contributed by atoms with Gasteiger partial charge >= 0.3 is 91.3 Å². The number of carbonyl (C=O) groups is 2. The van der Waals surface area contributed by atoms with Gasteiger partial charge in [-0.15, -0.1) is 0 Å². The van der Waals surface area contributed by atoms with E-state index >= 15 is 0 Å². The summed E-state index contributed by atoms with van der Waals surface area (Å²) in [5.41, 5.74) is 0. The summed E-state index contributed by atoms with van der Waals surface area (Å²) in [5, 5.41) is 33.3. The van der Waals surface area contributed by atoms with Gasteiger partial charge in [0.2, 0.25) is 0 Å². The second-order valence-electron chi connectivity index (χ2n) is 0.500. The van der Waals surface area contributed by atoms with Crippen molar-refractivity contribution in [1.82, 2.24) is 0 Å². The molecule has 0 saturated heterocycles. The summed E-state index contributed by atoms with van der Waals surface area (Å²) in [6.07, 6.45) is -4.67. The molecule has 0 unspecified atom stereocenters. The van der Waals surface area contributed by atoms with Crippen molar-refractivity contribution in [3.05, 3.63) is 0 Å². The number of hydrogen-bond acceptors (Lipinski definition) is 6. The van der Waals surface area contributed by atoms with Gasteiger partial charge in [-0.3, -0.25) is 0 Å². The van der Waals surface area contributed by atoms with E-state index in [1.54, 1.807) is 0 Å². The first-order chi connectivity index (χ1) is 3.46. The first kappa shape index (κ1) is 22.5. The van der Waals surface area contributed by atoms with Gasteiger partial charge in [0.1, 0.15) is 0 Å². The Bertz CT molecular complexity index is 73.7. The van der Waals surface area contributed by atoms with E-state index in [-0.39, 0.29) is 91.3 Å². The predicted molar refractivity (Wildman–Crippen MR) is 10.8 cm³/mol. The molecule has 0 heterocycles. The van der Waals surface area contributed by atoms with Crippen molar-refractivity contribution in [3.8, 4) is 0 Å². The summed E-state index contributed by atoms with van der Waals surface area (Å²) in [6.45, 7) is 0. The van der Waals surface area contributed by atoms with Crippen LogP contribution < -0.4 is 89.3 Å². The molecule has 0 amide bonds. The van der Waals surface area contributed by atoms with Crippen molar-refractivity contribution >= 4 is 12.3 Å². The van der Waals surface area contributed by atoms with E-state index in [0.717, 1.165) is 0 Å². The van der Waals surface area contributed by atoms with Crippen LogP contribution in [0.2, 0.25) is 0 Å². The maximum Gasteiger partial charge on any atom is 3.00 e. The SMILES string of the molecule is O=C([O-])[O-].O=C([O-])[O-].[Au+3].[Cs+]. The molecule has 0 aromatic rings. The van der Waals surface area contributed by atoms with Crippen molar-refractivity contribution in [3.63, 3.8) is 0 Å². The fourth-order valence-electron chi connectivity index (χ4n) is 0. The quantitative estimate of drug-likeness (QED) is 0.338. The van der Waals surface area contributed by atoms with Gasteiger partial charge in [-0.1, -0.05) is 0 Å². The minimum absolute atomic E-state index is 0. The molecule has 8 heteroatoms. The average Bonchev–Trinajstić information content (AvgIpc) is 1.25. The van der Waals surface area contributed by atoms with E-state index in [1.807, 2.05) is 0 Å². The Morgan fingerprint density at radius 2 is 0.800 bits per heavy atom. The minimum Gasteiger partial charge on any atom is -0.652 e. The molecule has 0 atom stereocenters. The zero-order valence-electron chi connectivity index (χ0n) is 4.75. The molecule has 0 N–H and O–H groups in total. The molecule has 0 radical (unpaired) electrons. The molecule has 10 heavy (non-hydrogen) atoms. The van der Waals surface area contributed by atoms with Crippen molar-refractivity contribution in [1.29, 1.82) is 0 Å². The Morgan fingerprint density at radius 1 is 0.800 bits per heavy atom. The summed E-state index contributed by atoms with van der Waals surface area (Å²) >= 11 is 0. The van der Waals surface area contributed by atoms with E-state index in [0.29, 0.717) is 0 Å². The molecule has 0 bridgehead atoms. The van der Waals surface area contributed by atoms with Gasteiger partial charge in [-0.05, 0) is 12.3 Å². The van der Waals surface area contributed by atoms with Crippen molar-refractivity contribution in [2.45, 2.75) is 0 Å². The smallest absolute Gasteiger partial charge is 0.652 e. The number of carboxylic acid groups (broad SMARTS) is 4. The Hall–Kier alpha value is 1.33. The Kier molecular flexibility index (Phi) is 37.7. The largest absolute Gasteiger partial charge is 3.00 e. The molecule has 56 valence electrons. The van der Waals surface area contributed by atoms with Crippen LogP contribution in [0, 0.1) is 0 Å². The van der Waals surface area contributed by atoms with Crippen LogP contribution in [0.15, 0.2) is 0 Å². The first-order valence-electron chi connectivity index (χ1n) is 1.22. The first-order valence-corrected chi connectivity index (χ1v) is 1.22. The normalized spacial score (nSPS) is 4.80. The second kappa shape index (κ2) is 16.7. The van der Waals surface area contributed by atoms with Gasteiger partial charge in [-0.25, -0.2) is 0 Å². The Balaban J connectivity index is -0.0000000300. The molecule has 6 nitrogen and oxygen atoms in total. The molecular weight excluding hydrogens is 450 g/mol. The summed E-state index contributed by atoms with van der Waals surface area (Å²) in [5.74, 6) is 0. The Labute approximate surface area is 131 Å². The van der Waals surface area contributed by atoms with Crippen LogP contribution >= 0.6 is 0 Å². The Morgan fingerprint density at radius 3 is 0.800 bits per heavy atom. The van der Waals surface area contributed by atoms with Crippen LogP contribution in [0.5, 0.6) is 0 Å². The second-order valence-corrected chi connectivity index (χ2v) is 0.500. The van der Waals surface area contributed by atoms with Gasteiger partial charge in [0.15, 0.2) is 0 Å². The monoisotopic (exact) mass is 450 g/mol. The maximum absolute atomic E-state index is 8.33. The van der Waals surface area contributed by atoms with E-state index < -0.39 is 12.3 Å². The summed E-state index contributed by atoms with van der Waals surface area (Å²) in [4.78, 5) is 16.7. The topological polar surface area (TPSA) is 126 Å². The third-order valence-corrected chi connectivity index (χ3v) is 0. The summed E-state index contributed by atoms with van der Waals surface area (Å²) < 4.78 is 0. The molecule has 0 aromatic heterocycles. The molecule has 0 aromatic carbocycles. The predicted octanol–water partition coefficient (Wildman–Crippen LogP) is -7.89. The van der Waals surface area contributed by atoms with Crippen LogP contribution in [-0.4, -0.2) is 12.3 Å². The third-order valence-electron chi connectivity index (χ3n) is 0. The van der Waals surface area contributed by atoms with Crippen LogP contribution in [0.3, 0.4) is 0 Å². The summed E-state index contributed by atoms with van der Waals surface area (Å²) in [7, 11) is 0. The zero-order valence-corrected chi connectivity index (χ0v) is 13.2.